The third-order valence-corrected chi connectivity index (χ3v) is 3.88. The molecule has 0 atom stereocenters. The van der Waals surface area contributed by atoms with Crippen LogP contribution in [0.3, 0.4) is 0 Å². The minimum absolute atomic E-state index is 0.481. The Morgan fingerprint density at radius 1 is 1.16 bits per heavy atom. The highest BCUT2D eigenvalue weighted by Gasteiger charge is 2.33. The van der Waals surface area contributed by atoms with Gasteiger partial charge in [0.1, 0.15) is 5.75 Å². The fourth-order valence-electron chi connectivity index (χ4n) is 2.69. The van der Waals surface area contributed by atoms with Crippen LogP contribution in [-0.2, 0) is 7.05 Å². The average Bonchev–Trinajstić information content (AvgIpc) is 2.83. The summed E-state index contributed by atoms with van der Waals surface area (Å²) in [5.41, 5.74) is 7.59. The van der Waals surface area contributed by atoms with Gasteiger partial charge in [0.15, 0.2) is 0 Å². The first-order valence-corrected chi connectivity index (χ1v) is 8.06. The van der Waals surface area contributed by atoms with E-state index in [1.54, 1.807) is 23.1 Å². The lowest BCUT2D eigenvalue weighted by Crippen LogP contribution is -2.48. The molecule has 2 aromatic carbocycles. The van der Waals surface area contributed by atoms with Crippen LogP contribution < -0.4 is 15.4 Å². The number of imidazole rings is 1. The van der Waals surface area contributed by atoms with Crippen molar-refractivity contribution in [3.8, 4) is 5.75 Å². The van der Waals surface area contributed by atoms with Crippen molar-refractivity contribution in [2.75, 3.05) is 10.6 Å². The van der Waals surface area contributed by atoms with E-state index in [1.165, 1.54) is 0 Å². The van der Waals surface area contributed by atoms with Crippen molar-refractivity contribution in [1.82, 2.24) is 9.55 Å². The van der Waals surface area contributed by atoms with Crippen molar-refractivity contribution in [2.45, 2.75) is 26.3 Å². The number of nitrogens with zero attached hydrogens (tertiary/aromatic N) is 3. The molecule has 25 heavy (non-hydrogen) atoms. The number of amides is 1. The van der Waals surface area contributed by atoms with E-state index >= 15 is 0 Å². The molecule has 3 aromatic rings. The van der Waals surface area contributed by atoms with Crippen molar-refractivity contribution >= 4 is 28.8 Å². The second-order valence-corrected chi connectivity index (χ2v) is 6.91. The van der Waals surface area contributed by atoms with Crippen LogP contribution in [0.25, 0.3) is 11.0 Å². The zero-order valence-corrected chi connectivity index (χ0v) is 14.9. The molecule has 0 radical (unpaired) electrons. The van der Waals surface area contributed by atoms with Crippen LogP contribution in [0, 0.1) is 0 Å². The van der Waals surface area contributed by atoms with Crippen molar-refractivity contribution in [3.63, 3.8) is 0 Å². The summed E-state index contributed by atoms with van der Waals surface area (Å²) in [5.74, 6) is 0.999. The van der Waals surface area contributed by atoms with Crippen LogP contribution in [0.1, 0.15) is 20.8 Å². The molecule has 6 nitrogen and oxygen atoms in total. The van der Waals surface area contributed by atoms with E-state index < -0.39 is 11.6 Å². The molecule has 1 amide bonds. The van der Waals surface area contributed by atoms with E-state index in [9.17, 15) is 4.79 Å². The third kappa shape index (κ3) is 3.28. The Morgan fingerprint density at radius 2 is 1.84 bits per heavy atom. The lowest BCUT2D eigenvalue weighted by molar-refractivity contribution is 0.200. The average molecular weight is 338 g/mol. The molecule has 0 aliphatic heterocycles. The van der Waals surface area contributed by atoms with Gasteiger partial charge in [0, 0.05) is 18.3 Å². The first kappa shape index (κ1) is 16.8. The summed E-state index contributed by atoms with van der Waals surface area (Å²) in [6.45, 7) is 5.81. The standard InChI is InChI=1S/C19H22N4O2/c1-19(2,3)23(18(24)25-14-8-6-5-7-9-14)17-21-15-12-13(20)10-11-16(15)22(17)4/h5-12H,20H2,1-4H3. The number of carbonyl (C=O) groups excluding carboxylic acids is 1. The Bertz CT molecular complexity index is 910. The third-order valence-electron chi connectivity index (χ3n) is 3.88. The number of aryl methyl sites for hydroxylation is 1. The fraction of sp³-hybridized carbons (Fsp3) is 0.263. The number of fused-ring (bicyclic) bond motifs is 1. The molecule has 0 spiro atoms. The number of ether oxygens (including phenoxy) is 1. The number of anilines is 2. The molecular formula is C19H22N4O2. The molecule has 0 saturated carbocycles. The number of nitrogens with two attached hydrogens (primary N) is 1. The zero-order chi connectivity index (χ0) is 18.2. The van der Waals surface area contributed by atoms with Crippen molar-refractivity contribution in [2.24, 2.45) is 7.05 Å². The molecule has 1 heterocycles. The molecular weight excluding hydrogens is 316 g/mol. The van der Waals surface area contributed by atoms with E-state index in [0.29, 0.717) is 17.4 Å². The first-order valence-electron chi connectivity index (χ1n) is 8.06. The van der Waals surface area contributed by atoms with Crippen LogP contribution in [-0.4, -0.2) is 21.2 Å². The van der Waals surface area contributed by atoms with Gasteiger partial charge in [-0.2, -0.15) is 0 Å². The van der Waals surface area contributed by atoms with Gasteiger partial charge in [0.05, 0.1) is 11.0 Å². The van der Waals surface area contributed by atoms with Crippen LogP contribution >= 0.6 is 0 Å². The topological polar surface area (TPSA) is 73.4 Å². The highest BCUT2D eigenvalue weighted by Crippen LogP contribution is 2.29. The number of benzene rings is 2. The Kier molecular flexibility index (Phi) is 4.12. The molecule has 1 aromatic heterocycles. The molecule has 2 N–H and O–H groups in total. The number of para-hydroxylation sites is 1. The maximum absolute atomic E-state index is 12.9. The van der Waals surface area contributed by atoms with Gasteiger partial charge >= 0.3 is 6.09 Å². The lowest BCUT2D eigenvalue weighted by atomic mass is 10.1. The van der Waals surface area contributed by atoms with Crippen molar-refractivity contribution in [1.29, 1.82) is 0 Å². The van der Waals surface area contributed by atoms with Crippen LogP contribution in [0.4, 0.5) is 16.4 Å². The molecule has 0 saturated heterocycles. The van der Waals surface area contributed by atoms with Gasteiger partial charge in [-0.15, -0.1) is 0 Å². The van der Waals surface area contributed by atoms with Gasteiger partial charge in [-0.3, -0.25) is 0 Å². The number of rotatable bonds is 2. The molecule has 0 aliphatic carbocycles. The number of nitrogen functional groups attached to an aromatic ring is 1. The maximum atomic E-state index is 12.9. The van der Waals surface area contributed by atoms with Crippen molar-refractivity contribution < 1.29 is 9.53 Å². The Balaban J connectivity index is 2.05. The largest absolute Gasteiger partial charge is 0.422 e. The summed E-state index contributed by atoms with van der Waals surface area (Å²) in [4.78, 5) is 19.0. The second-order valence-electron chi connectivity index (χ2n) is 6.91. The number of hydrogen-bond acceptors (Lipinski definition) is 4. The Hall–Kier alpha value is -3.02. The second kappa shape index (κ2) is 6.12. The lowest BCUT2D eigenvalue weighted by Gasteiger charge is -2.33. The molecule has 0 unspecified atom stereocenters. The highest BCUT2D eigenvalue weighted by atomic mass is 16.6. The van der Waals surface area contributed by atoms with Gasteiger partial charge in [0.2, 0.25) is 5.95 Å². The van der Waals surface area contributed by atoms with E-state index in [2.05, 4.69) is 4.98 Å². The highest BCUT2D eigenvalue weighted by molar-refractivity contribution is 5.92. The number of aromatic nitrogens is 2. The molecule has 0 aliphatic rings. The first-order chi connectivity index (χ1) is 11.8. The summed E-state index contributed by atoms with van der Waals surface area (Å²) in [6.07, 6.45) is -0.481. The fourth-order valence-corrected chi connectivity index (χ4v) is 2.69. The maximum Gasteiger partial charge on any atom is 0.422 e. The minimum Gasteiger partial charge on any atom is -0.410 e. The van der Waals surface area contributed by atoms with Gasteiger partial charge in [-0.25, -0.2) is 14.7 Å². The van der Waals surface area contributed by atoms with E-state index in [4.69, 9.17) is 10.5 Å². The van der Waals surface area contributed by atoms with Crippen LogP contribution in [0.2, 0.25) is 0 Å². The number of hydrogen-bond donors (Lipinski definition) is 1. The normalized spacial score (nSPS) is 11.5. The zero-order valence-electron chi connectivity index (χ0n) is 14.9. The van der Waals surface area contributed by atoms with Gasteiger partial charge in [0.25, 0.3) is 0 Å². The van der Waals surface area contributed by atoms with Gasteiger partial charge in [-0.1, -0.05) is 18.2 Å². The van der Waals surface area contributed by atoms with Crippen molar-refractivity contribution in [3.05, 3.63) is 48.5 Å². The predicted octanol–water partition coefficient (Wildman–Crippen LogP) is 3.96. The molecule has 3 rings (SSSR count). The van der Waals surface area contributed by atoms with Crippen LogP contribution in [0.15, 0.2) is 48.5 Å². The van der Waals surface area contributed by atoms with Crippen LogP contribution in [0.5, 0.6) is 5.75 Å². The smallest absolute Gasteiger partial charge is 0.410 e. The van der Waals surface area contributed by atoms with E-state index in [1.807, 2.05) is 62.7 Å². The van der Waals surface area contributed by atoms with E-state index in [-0.39, 0.29) is 0 Å². The molecule has 130 valence electrons. The number of carbonyl (C=O) groups is 1. The quantitative estimate of drug-likeness (QED) is 0.718. The van der Waals surface area contributed by atoms with Gasteiger partial charge in [-0.05, 0) is 51.1 Å². The monoisotopic (exact) mass is 338 g/mol. The Morgan fingerprint density at radius 3 is 2.48 bits per heavy atom. The predicted molar refractivity (Wildman–Crippen MR) is 99.8 cm³/mol. The summed E-state index contributed by atoms with van der Waals surface area (Å²) >= 11 is 0. The van der Waals surface area contributed by atoms with Gasteiger partial charge < -0.3 is 15.0 Å². The minimum atomic E-state index is -0.521. The molecule has 0 bridgehead atoms. The van der Waals surface area contributed by atoms with E-state index in [0.717, 1.165) is 11.0 Å². The SMILES string of the molecule is Cn1c(N(C(=O)Oc2ccccc2)C(C)(C)C)nc2cc(N)ccc21. The summed E-state index contributed by atoms with van der Waals surface area (Å²) in [7, 11) is 1.87. The molecule has 6 heteroatoms. The summed E-state index contributed by atoms with van der Waals surface area (Å²) in [5, 5.41) is 0. The summed E-state index contributed by atoms with van der Waals surface area (Å²) in [6, 6.07) is 14.5. The summed E-state index contributed by atoms with van der Waals surface area (Å²) < 4.78 is 7.41. The Labute approximate surface area is 146 Å². The molecule has 0 fully saturated rings.